The molecular weight excluding hydrogens is 594 g/mol. The molecule has 1 N–H and O–H groups in total. The standard InChI is InChI=1S/C26H24Cl4N2O7/c1-4-9-38-25(36)13-5-7-14(8-6-13)31-16(33)11-39-26(37)15(10-12(2)3)32-23(34)17-18(24(32)35)20(28)22(30)21(29)19(17)27/h5-8,12,15H,4,9-11H2,1-3H3,(H,31,33)/t15-/m1/s1. The minimum absolute atomic E-state index is 0.0399. The zero-order chi connectivity index (χ0) is 29.0. The fourth-order valence-corrected chi connectivity index (χ4v) is 4.82. The van der Waals surface area contributed by atoms with Gasteiger partial charge in [0.2, 0.25) is 0 Å². The molecule has 3 rings (SSSR count). The number of benzene rings is 2. The summed E-state index contributed by atoms with van der Waals surface area (Å²) in [5.74, 6) is -4.07. The summed E-state index contributed by atoms with van der Waals surface area (Å²) in [6, 6.07) is 4.58. The number of nitrogens with zero attached hydrogens (tertiary/aromatic N) is 1. The van der Waals surface area contributed by atoms with E-state index in [1.807, 2.05) is 6.92 Å². The fraction of sp³-hybridized carbons (Fsp3) is 0.346. The first-order chi connectivity index (χ1) is 18.4. The highest BCUT2D eigenvalue weighted by Crippen LogP contribution is 2.45. The molecule has 13 heteroatoms. The van der Waals surface area contributed by atoms with Crippen LogP contribution in [-0.2, 0) is 19.1 Å². The van der Waals surface area contributed by atoms with Crippen LogP contribution in [0.2, 0.25) is 20.1 Å². The van der Waals surface area contributed by atoms with Gasteiger partial charge in [-0.15, -0.1) is 0 Å². The zero-order valence-electron chi connectivity index (χ0n) is 21.1. The predicted octanol–water partition coefficient (Wildman–Crippen LogP) is 6.06. The van der Waals surface area contributed by atoms with Gasteiger partial charge in [0.1, 0.15) is 6.04 Å². The van der Waals surface area contributed by atoms with Crippen molar-refractivity contribution in [2.24, 2.45) is 5.92 Å². The van der Waals surface area contributed by atoms with Gasteiger partial charge in [-0.05, 0) is 43.0 Å². The monoisotopic (exact) mass is 616 g/mol. The number of hydrogen-bond donors (Lipinski definition) is 1. The summed E-state index contributed by atoms with van der Waals surface area (Å²) < 4.78 is 10.2. The van der Waals surface area contributed by atoms with Crippen LogP contribution >= 0.6 is 46.4 Å². The van der Waals surface area contributed by atoms with Gasteiger partial charge in [-0.2, -0.15) is 0 Å². The van der Waals surface area contributed by atoms with Crippen molar-refractivity contribution in [2.45, 2.75) is 39.7 Å². The van der Waals surface area contributed by atoms with E-state index in [0.29, 0.717) is 29.2 Å². The van der Waals surface area contributed by atoms with E-state index in [1.165, 1.54) is 24.3 Å². The molecule has 0 spiro atoms. The Hall–Kier alpha value is -2.85. The highest BCUT2D eigenvalue weighted by Gasteiger charge is 2.47. The maximum Gasteiger partial charge on any atom is 0.338 e. The van der Waals surface area contributed by atoms with Gasteiger partial charge in [0.25, 0.3) is 17.7 Å². The third kappa shape index (κ3) is 6.66. The highest BCUT2D eigenvalue weighted by molar-refractivity contribution is 6.55. The van der Waals surface area contributed by atoms with Gasteiger partial charge in [-0.25, -0.2) is 9.59 Å². The molecule has 208 valence electrons. The molecule has 1 aliphatic rings. The summed E-state index contributed by atoms with van der Waals surface area (Å²) >= 11 is 24.5. The lowest BCUT2D eigenvalue weighted by molar-refractivity contribution is -0.151. The molecule has 0 radical (unpaired) electrons. The molecule has 0 saturated carbocycles. The molecule has 0 saturated heterocycles. The van der Waals surface area contributed by atoms with E-state index in [9.17, 15) is 24.0 Å². The average Bonchev–Trinajstić information content (AvgIpc) is 3.16. The number of fused-ring (bicyclic) bond motifs is 1. The number of esters is 2. The molecule has 0 aromatic heterocycles. The average molecular weight is 618 g/mol. The number of rotatable bonds is 10. The second-order valence-electron chi connectivity index (χ2n) is 9.00. The van der Waals surface area contributed by atoms with Crippen molar-refractivity contribution in [3.8, 4) is 0 Å². The Bertz CT molecular complexity index is 1280. The summed E-state index contributed by atoms with van der Waals surface area (Å²) in [4.78, 5) is 64.5. The van der Waals surface area contributed by atoms with Crippen LogP contribution in [0.1, 0.15) is 64.7 Å². The molecule has 1 atom stereocenters. The number of amides is 3. The SMILES string of the molecule is CCCOC(=O)c1ccc(NC(=O)COC(=O)[C@@H](CC(C)C)N2C(=O)c3c(Cl)c(Cl)c(Cl)c(Cl)c3C2=O)cc1. The molecule has 1 heterocycles. The van der Waals surface area contributed by atoms with Crippen molar-refractivity contribution in [2.75, 3.05) is 18.5 Å². The van der Waals surface area contributed by atoms with Gasteiger partial charge in [0.15, 0.2) is 6.61 Å². The Morgan fingerprint density at radius 1 is 0.872 bits per heavy atom. The van der Waals surface area contributed by atoms with E-state index >= 15 is 0 Å². The van der Waals surface area contributed by atoms with Crippen molar-refractivity contribution in [1.82, 2.24) is 4.90 Å². The topological polar surface area (TPSA) is 119 Å². The third-order valence-electron chi connectivity index (χ3n) is 5.60. The number of carbonyl (C=O) groups is 5. The number of imide groups is 1. The van der Waals surface area contributed by atoms with Gasteiger partial charge in [-0.3, -0.25) is 19.3 Å². The first kappa shape index (κ1) is 30.7. The van der Waals surface area contributed by atoms with Crippen LogP contribution in [0.3, 0.4) is 0 Å². The lowest BCUT2D eigenvalue weighted by atomic mass is 10.0. The summed E-state index contributed by atoms with van der Waals surface area (Å²) in [6.07, 6.45) is 0.728. The summed E-state index contributed by atoms with van der Waals surface area (Å²) in [5, 5.41) is 1.62. The number of carbonyl (C=O) groups excluding carboxylic acids is 5. The number of ether oxygens (including phenoxy) is 2. The molecule has 2 aromatic carbocycles. The van der Waals surface area contributed by atoms with Crippen LogP contribution < -0.4 is 5.32 Å². The number of halogens is 4. The normalized spacial score (nSPS) is 13.4. The van der Waals surface area contributed by atoms with E-state index in [1.54, 1.807) is 13.8 Å². The molecular formula is C26H24Cl4N2O7. The van der Waals surface area contributed by atoms with Crippen molar-refractivity contribution in [3.05, 3.63) is 61.0 Å². The van der Waals surface area contributed by atoms with Crippen molar-refractivity contribution in [3.63, 3.8) is 0 Å². The molecule has 1 aliphatic heterocycles. The van der Waals surface area contributed by atoms with Crippen molar-refractivity contribution in [1.29, 1.82) is 0 Å². The smallest absolute Gasteiger partial charge is 0.338 e. The van der Waals surface area contributed by atoms with Crippen LogP contribution in [0.5, 0.6) is 0 Å². The first-order valence-electron chi connectivity index (χ1n) is 11.9. The summed E-state index contributed by atoms with van der Waals surface area (Å²) in [6.45, 7) is 5.03. The van der Waals surface area contributed by atoms with Gasteiger partial charge in [0.05, 0.1) is 43.4 Å². The molecule has 39 heavy (non-hydrogen) atoms. The van der Waals surface area contributed by atoms with E-state index < -0.39 is 42.3 Å². The number of nitrogens with one attached hydrogen (secondary N) is 1. The van der Waals surface area contributed by atoms with E-state index in [0.717, 1.165) is 0 Å². The van der Waals surface area contributed by atoms with Crippen LogP contribution in [0.4, 0.5) is 5.69 Å². The summed E-state index contributed by atoms with van der Waals surface area (Å²) in [5.41, 5.74) is 0.137. The van der Waals surface area contributed by atoms with Crippen LogP contribution in [-0.4, -0.2) is 53.8 Å². The number of anilines is 1. The van der Waals surface area contributed by atoms with Gasteiger partial charge in [-0.1, -0.05) is 67.2 Å². The van der Waals surface area contributed by atoms with Crippen LogP contribution in [0, 0.1) is 5.92 Å². The summed E-state index contributed by atoms with van der Waals surface area (Å²) in [7, 11) is 0. The molecule has 2 aromatic rings. The van der Waals surface area contributed by atoms with E-state index in [4.69, 9.17) is 55.9 Å². The Balaban J connectivity index is 1.71. The second-order valence-corrected chi connectivity index (χ2v) is 10.5. The Morgan fingerprint density at radius 3 is 1.90 bits per heavy atom. The molecule has 3 amide bonds. The predicted molar refractivity (Wildman–Crippen MR) is 147 cm³/mol. The quantitative estimate of drug-likeness (QED) is 0.149. The molecule has 0 aliphatic carbocycles. The van der Waals surface area contributed by atoms with Gasteiger partial charge < -0.3 is 14.8 Å². The Morgan fingerprint density at radius 2 is 1.41 bits per heavy atom. The first-order valence-corrected chi connectivity index (χ1v) is 13.4. The van der Waals surface area contributed by atoms with Crippen molar-refractivity contribution >= 4 is 81.8 Å². The molecule has 9 nitrogen and oxygen atoms in total. The molecule has 0 bridgehead atoms. The Labute approximate surface area is 244 Å². The minimum atomic E-state index is -1.37. The Kier molecular flexibility index (Phi) is 10.2. The lowest BCUT2D eigenvalue weighted by Gasteiger charge is -2.26. The van der Waals surface area contributed by atoms with Gasteiger partial charge >= 0.3 is 11.9 Å². The lowest BCUT2D eigenvalue weighted by Crippen LogP contribution is -2.47. The van der Waals surface area contributed by atoms with Gasteiger partial charge in [0, 0.05) is 5.69 Å². The number of hydrogen-bond acceptors (Lipinski definition) is 7. The fourth-order valence-electron chi connectivity index (χ4n) is 3.80. The zero-order valence-corrected chi connectivity index (χ0v) is 24.1. The van der Waals surface area contributed by atoms with E-state index in [-0.39, 0.29) is 43.6 Å². The van der Waals surface area contributed by atoms with Crippen LogP contribution in [0.15, 0.2) is 24.3 Å². The maximum absolute atomic E-state index is 13.2. The molecule has 0 fully saturated rings. The maximum atomic E-state index is 13.2. The molecule has 0 unspecified atom stereocenters. The van der Waals surface area contributed by atoms with Crippen molar-refractivity contribution < 1.29 is 33.4 Å². The second kappa shape index (κ2) is 13.0. The van der Waals surface area contributed by atoms with Crippen LogP contribution in [0.25, 0.3) is 0 Å². The highest BCUT2D eigenvalue weighted by atomic mass is 35.5. The third-order valence-corrected chi connectivity index (χ3v) is 7.40. The minimum Gasteiger partial charge on any atom is -0.462 e. The van der Waals surface area contributed by atoms with E-state index in [2.05, 4.69) is 5.32 Å². The largest absolute Gasteiger partial charge is 0.462 e.